The molecule has 0 bridgehead atoms. The van der Waals surface area contributed by atoms with Gasteiger partial charge in [-0.25, -0.2) is 9.97 Å². The van der Waals surface area contributed by atoms with Crippen LogP contribution < -0.4 is 0 Å². The topological polar surface area (TPSA) is 49.3 Å². The van der Waals surface area contributed by atoms with Crippen molar-refractivity contribution < 1.29 is 4.79 Å². The van der Waals surface area contributed by atoms with Crippen LogP contribution in [-0.4, -0.2) is 58.9 Å². The van der Waals surface area contributed by atoms with Crippen LogP contribution in [0.4, 0.5) is 0 Å². The molecule has 0 atom stereocenters. The lowest BCUT2D eigenvalue weighted by atomic mass is 9.90. The number of likely N-dealkylation sites (N-methyl/N-ethyl adjacent to an activating group) is 1. The van der Waals surface area contributed by atoms with E-state index in [0.29, 0.717) is 0 Å². The summed E-state index contributed by atoms with van der Waals surface area (Å²) in [4.78, 5) is 26.4. The van der Waals surface area contributed by atoms with Gasteiger partial charge >= 0.3 is 0 Å². The summed E-state index contributed by atoms with van der Waals surface area (Å²) in [5.41, 5.74) is 5.04. The number of amides is 1. The molecule has 5 heteroatoms. The molecule has 1 fully saturated rings. The van der Waals surface area contributed by atoms with Gasteiger partial charge in [-0.05, 0) is 38.8 Å². The van der Waals surface area contributed by atoms with Gasteiger partial charge in [0.2, 0.25) is 0 Å². The van der Waals surface area contributed by atoms with Crippen LogP contribution in [0.5, 0.6) is 0 Å². The molecule has 1 aliphatic heterocycles. The largest absolute Gasteiger partial charge is 0.336 e. The molecule has 4 rings (SSSR count). The highest BCUT2D eigenvalue weighted by Crippen LogP contribution is 2.31. The molecule has 2 aliphatic rings. The van der Waals surface area contributed by atoms with Gasteiger partial charge in [-0.2, -0.15) is 0 Å². The molecular weight excluding hydrogens is 312 g/mol. The van der Waals surface area contributed by atoms with Crippen LogP contribution in [0.1, 0.15) is 34.5 Å². The number of nitrogens with zero attached hydrogens (tertiary/aromatic N) is 4. The molecule has 0 spiro atoms. The lowest BCUT2D eigenvalue weighted by Crippen LogP contribution is -2.47. The second-order valence-electron chi connectivity index (χ2n) is 7.00. The van der Waals surface area contributed by atoms with Crippen molar-refractivity contribution in [2.75, 3.05) is 33.2 Å². The zero-order chi connectivity index (χ0) is 17.2. The van der Waals surface area contributed by atoms with Gasteiger partial charge in [0, 0.05) is 48.6 Å². The minimum Gasteiger partial charge on any atom is -0.336 e. The molecule has 1 saturated heterocycles. The van der Waals surface area contributed by atoms with E-state index in [4.69, 9.17) is 0 Å². The van der Waals surface area contributed by atoms with Gasteiger partial charge in [-0.15, -0.1) is 0 Å². The van der Waals surface area contributed by atoms with Crippen molar-refractivity contribution in [3.8, 4) is 11.3 Å². The van der Waals surface area contributed by atoms with E-state index in [1.54, 1.807) is 6.33 Å². The SMILES string of the molecule is CN1CCN(C(=O)c2ccccc2-c2ncnc3c2CCCC3)CC1. The molecule has 0 saturated carbocycles. The first kappa shape index (κ1) is 16.2. The predicted molar refractivity (Wildman–Crippen MR) is 97.5 cm³/mol. The summed E-state index contributed by atoms with van der Waals surface area (Å²) in [6, 6.07) is 7.90. The van der Waals surface area contributed by atoms with Crippen LogP contribution in [-0.2, 0) is 12.8 Å². The van der Waals surface area contributed by atoms with Crippen LogP contribution in [0.15, 0.2) is 30.6 Å². The van der Waals surface area contributed by atoms with Gasteiger partial charge in [0.1, 0.15) is 6.33 Å². The predicted octanol–water partition coefficient (Wildman–Crippen LogP) is 2.41. The number of benzene rings is 1. The van der Waals surface area contributed by atoms with E-state index in [0.717, 1.165) is 61.5 Å². The van der Waals surface area contributed by atoms with Crippen LogP contribution in [0.3, 0.4) is 0 Å². The number of aromatic nitrogens is 2. The van der Waals surface area contributed by atoms with Crippen molar-refractivity contribution in [1.29, 1.82) is 0 Å². The minimum absolute atomic E-state index is 0.117. The molecule has 130 valence electrons. The maximum atomic E-state index is 13.1. The minimum atomic E-state index is 0.117. The maximum absolute atomic E-state index is 13.1. The van der Waals surface area contributed by atoms with Crippen LogP contribution in [0, 0.1) is 0 Å². The van der Waals surface area contributed by atoms with E-state index in [2.05, 4.69) is 21.9 Å². The average Bonchev–Trinajstić information content (AvgIpc) is 2.67. The van der Waals surface area contributed by atoms with Gasteiger partial charge < -0.3 is 9.80 Å². The van der Waals surface area contributed by atoms with Crippen molar-refractivity contribution in [3.05, 3.63) is 47.4 Å². The van der Waals surface area contributed by atoms with Gasteiger partial charge in [0.15, 0.2) is 0 Å². The van der Waals surface area contributed by atoms with Crippen molar-refractivity contribution >= 4 is 5.91 Å². The maximum Gasteiger partial charge on any atom is 0.254 e. The fourth-order valence-electron chi connectivity index (χ4n) is 3.81. The summed E-state index contributed by atoms with van der Waals surface area (Å²) in [6.45, 7) is 3.42. The van der Waals surface area contributed by atoms with E-state index in [-0.39, 0.29) is 5.91 Å². The number of carbonyl (C=O) groups excluding carboxylic acids is 1. The Hall–Kier alpha value is -2.27. The van der Waals surface area contributed by atoms with Crippen molar-refractivity contribution in [3.63, 3.8) is 0 Å². The Morgan fingerprint density at radius 3 is 2.60 bits per heavy atom. The van der Waals surface area contributed by atoms with Gasteiger partial charge in [0.05, 0.1) is 5.69 Å². The van der Waals surface area contributed by atoms with E-state index >= 15 is 0 Å². The van der Waals surface area contributed by atoms with E-state index < -0.39 is 0 Å². The average molecular weight is 336 g/mol. The first-order valence-electron chi connectivity index (χ1n) is 9.14. The second kappa shape index (κ2) is 6.92. The van der Waals surface area contributed by atoms with E-state index in [1.807, 2.05) is 29.2 Å². The van der Waals surface area contributed by atoms with E-state index in [1.165, 1.54) is 18.4 Å². The number of aryl methyl sites for hydroxylation is 1. The molecule has 5 nitrogen and oxygen atoms in total. The molecule has 2 heterocycles. The Bertz CT molecular complexity index is 781. The van der Waals surface area contributed by atoms with Gasteiger partial charge in [0.25, 0.3) is 5.91 Å². The van der Waals surface area contributed by atoms with Crippen LogP contribution in [0.25, 0.3) is 11.3 Å². The third-order valence-electron chi connectivity index (χ3n) is 5.33. The normalized spacial score (nSPS) is 18.0. The monoisotopic (exact) mass is 336 g/mol. The Morgan fingerprint density at radius 2 is 1.76 bits per heavy atom. The Balaban J connectivity index is 1.72. The van der Waals surface area contributed by atoms with Gasteiger partial charge in [-0.1, -0.05) is 18.2 Å². The first-order chi connectivity index (χ1) is 12.2. The third kappa shape index (κ3) is 3.16. The highest BCUT2D eigenvalue weighted by Gasteiger charge is 2.25. The Labute approximate surface area is 148 Å². The van der Waals surface area contributed by atoms with E-state index in [9.17, 15) is 4.79 Å². The number of carbonyl (C=O) groups is 1. The quantitative estimate of drug-likeness (QED) is 0.845. The van der Waals surface area contributed by atoms with Crippen LogP contribution in [0.2, 0.25) is 0 Å². The molecule has 0 N–H and O–H groups in total. The third-order valence-corrected chi connectivity index (χ3v) is 5.33. The fraction of sp³-hybridized carbons (Fsp3) is 0.450. The molecule has 1 amide bonds. The summed E-state index contributed by atoms with van der Waals surface area (Å²) < 4.78 is 0. The molecule has 1 aromatic carbocycles. The smallest absolute Gasteiger partial charge is 0.254 e. The highest BCUT2D eigenvalue weighted by atomic mass is 16.2. The van der Waals surface area contributed by atoms with Crippen molar-refractivity contribution in [1.82, 2.24) is 19.8 Å². The first-order valence-corrected chi connectivity index (χ1v) is 9.14. The molecule has 1 aliphatic carbocycles. The lowest BCUT2D eigenvalue weighted by Gasteiger charge is -2.33. The summed E-state index contributed by atoms with van der Waals surface area (Å²) in [5.74, 6) is 0.117. The van der Waals surface area contributed by atoms with Crippen LogP contribution >= 0.6 is 0 Å². The number of piperazine rings is 1. The van der Waals surface area contributed by atoms with Crippen molar-refractivity contribution in [2.45, 2.75) is 25.7 Å². The summed E-state index contributed by atoms with van der Waals surface area (Å²) in [7, 11) is 2.10. The summed E-state index contributed by atoms with van der Waals surface area (Å²) >= 11 is 0. The van der Waals surface area contributed by atoms with Crippen molar-refractivity contribution in [2.24, 2.45) is 0 Å². The lowest BCUT2D eigenvalue weighted by molar-refractivity contribution is 0.0665. The molecule has 0 radical (unpaired) electrons. The number of fused-ring (bicyclic) bond motifs is 1. The number of hydrogen-bond acceptors (Lipinski definition) is 4. The Morgan fingerprint density at radius 1 is 1.00 bits per heavy atom. The molecular formula is C20H24N4O. The zero-order valence-corrected chi connectivity index (χ0v) is 14.7. The molecule has 1 aromatic heterocycles. The second-order valence-corrected chi connectivity index (χ2v) is 7.00. The standard InChI is InChI=1S/C20H24N4O/c1-23-10-12-24(13-11-23)20(25)16-7-3-2-6-15(16)19-17-8-4-5-9-18(17)21-14-22-19/h2-3,6-7,14H,4-5,8-13H2,1H3. The zero-order valence-electron chi connectivity index (χ0n) is 14.7. The fourth-order valence-corrected chi connectivity index (χ4v) is 3.81. The molecule has 25 heavy (non-hydrogen) atoms. The highest BCUT2D eigenvalue weighted by molar-refractivity contribution is 6.00. The van der Waals surface area contributed by atoms with Gasteiger partial charge in [-0.3, -0.25) is 4.79 Å². The Kier molecular flexibility index (Phi) is 4.49. The summed E-state index contributed by atoms with van der Waals surface area (Å²) in [5, 5.41) is 0. The number of rotatable bonds is 2. The molecule has 0 unspecified atom stereocenters. The number of hydrogen-bond donors (Lipinski definition) is 0. The molecule has 2 aromatic rings. The summed E-state index contributed by atoms with van der Waals surface area (Å²) in [6.07, 6.45) is 6.02.